The minimum absolute atomic E-state index is 0.648. The van der Waals surface area contributed by atoms with E-state index in [0.717, 1.165) is 22.4 Å². The maximum absolute atomic E-state index is 4.99. The third-order valence-electron chi connectivity index (χ3n) is 9.84. The summed E-state index contributed by atoms with van der Waals surface area (Å²) in [5.41, 5.74) is 6.41. The van der Waals surface area contributed by atoms with Crippen LogP contribution in [0.25, 0.3) is 102 Å². The molecular formula is C45H26N4S2. The molecule has 7 aromatic carbocycles. The Morgan fingerprint density at radius 1 is 0.373 bits per heavy atom. The van der Waals surface area contributed by atoms with Gasteiger partial charge in [-0.3, -0.25) is 0 Å². The van der Waals surface area contributed by atoms with Gasteiger partial charge in [0.2, 0.25) is 0 Å². The molecule has 4 heterocycles. The second-order valence-electron chi connectivity index (χ2n) is 12.8. The summed E-state index contributed by atoms with van der Waals surface area (Å²) in [6.45, 7) is 0. The van der Waals surface area contributed by atoms with Crippen LogP contribution in [0.5, 0.6) is 0 Å². The second kappa shape index (κ2) is 11.2. The SMILES string of the molecule is c1ccc(-c2nc(-c3ccccc3)nc(-c3ccc(-n4c5ccccc5c5c6c7ccccc7sc6c6c7ccccc7sc6c54)cc3)n2)cc1. The fraction of sp³-hybridized carbons (Fsp3) is 0. The quantitative estimate of drug-likeness (QED) is 0.185. The molecule has 0 saturated carbocycles. The fourth-order valence-electron chi connectivity index (χ4n) is 7.58. The van der Waals surface area contributed by atoms with Crippen LogP contribution >= 0.6 is 22.7 Å². The van der Waals surface area contributed by atoms with Gasteiger partial charge >= 0.3 is 0 Å². The van der Waals surface area contributed by atoms with E-state index in [1.165, 1.54) is 62.2 Å². The van der Waals surface area contributed by atoms with Gasteiger partial charge in [-0.05, 0) is 42.5 Å². The molecule has 6 heteroatoms. The summed E-state index contributed by atoms with van der Waals surface area (Å²) in [7, 11) is 0. The number of thiophene rings is 2. The van der Waals surface area contributed by atoms with Crippen molar-refractivity contribution in [1.82, 2.24) is 19.5 Å². The van der Waals surface area contributed by atoms with Gasteiger partial charge in [0.25, 0.3) is 0 Å². The number of rotatable bonds is 4. The average Bonchev–Trinajstić information content (AvgIpc) is 3.88. The van der Waals surface area contributed by atoms with E-state index in [2.05, 4.69) is 102 Å². The van der Waals surface area contributed by atoms with E-state index in [-0.39, 0.29) is 0 Å². The van der Waals surface area contributed by atoms with Crippen LogP contribution in [-0.2, 0) is 0 Å². The molecule has 11 rings (SSSR count). The van der Waals surface area contributed by atoms with Crippen molar-refractivity contribution >= 4 is 84.8 Å². The summed E-state index contributed by atoms with van der Waals surface area (Å²) in [6, 6.07) is 55.6. The second-order valence-corrected chi connectivity index (χ2v) is 14.9. The van der Waals surface area contributed by atoms with Crippen molar-refractivity contribution in [3.63, 3.8) is 0 Å². The maximum Gasteiger partial charge on any atom is 0.164 e. The van der Waals surface area contributed by atoms with E-state index in [1.807, 2.05) is 83.3 Å². The minimum atomic E-state index is 0.648. The first-order chi connectivity index (χ1) is 25.3. The van der Waals surface area contributed by atoms with Crippen LogP contribution in [0, 0.1) is 0 Å². The van der Waals surface area contributed by atoms with Gasteiger partial charge in [0.1, 0.15) is 0 Å². The topological polar surface area (TPSA) is 43.6 Å². The zero-order valence-corrected chi connectivity index (χ0v) is 28.7. The van der Waals surface area contributed by atoms with Crippen molar-refractivity contribution in [3.05, 3.63) is 158 Å². The lowest BCUT2D eigenvalue weighted by Gasteiger charge is -2.11. The Bertz CT molecular complexity index is 3060. The summed E-state index contributed by atoms with van der Waals surface area (Å²) in [4.78, 5) is 14.9. The van der Waals surface area contributed by atoms with Gasteiger partial charge in [-0.25, -0.2) is 15.0 Å². The van der Waals surface area contributed by atoms with Gasteiger partial charge in [0.05, 0.1) is 15.7 Å². The zero-order chi connectivity index (χ0) is 33.5. The highest BCUT2D eigenvalue weighted by Crippen LogP contribution is 2.52. The molecule has 0 spiro atoms. The highest BCUT2D eigenvalue weighted by molar-refractivity contribution is 7.30. The van der Waals surface area contributed by atoms with Crippen molar-refractivity contribution in [3.8, 4) is 39.9 Å². The molecule has 0 bridgehead atoms. The fourth-order valence-corrected chi connectivity index (χ4v) is 10.2. The van der Waals surface area contributed by atoms with Crippen LogP contribution in [0.4, 0.5) is 0 Å². The van der Waals surface area contributed by atoms with Crippen molar-refractivity contribution in [2.45, 2.75) is 0 Å². The molecular weight excluding hydrogens is 661 g/mol. The summed E-state index contributed by atoms with van der Waals surface area (Å²) in [5.74, 6) is 1.96. The first-order valence-corrected chi connectivity index (χ1v) is 18.6. The number of benzene rings is 7. The van der Waals surface area contributed by atoms with Crippen LogP contribution in [0.3, 0.4) is 0 Å². The highest BCUT2D eigenvalue weighted by Gasteiger charge is 2.24. The first kappa shape index (κ1) is 28.6. The molecule has 0 unspecified atom stereocenters. The van der Waals surface area contributed by atoms with Crippen LogP contribution in [0.15, 0.2) is 158 Å². The van der Waals surface area contributed by atoms with Crippen molar-refractivity contribution < 1.29 is 0 Å². The molecule has 0 aliphatic carbocycles. The Kier molecular flexibility index (Phi) is 6.26. The van der Waals surface area contributed by atoms with Crippen LogP contribution in [0.1, 0.15) is 0 Å². The van der Waals surface area contributed by atoms with E-state index >= 15 is 0 Å². The van der Waals surface area contributed by atoms with Crippen LogP contribution < -0.4 is 0 Å². The van der Waals surface area contributed by atoms with Crippen molar-refractivity contribution in [1.29, 1.82) is 0 Å². The zero-order valence-electron chi connectivity index (χ0n) is 27.1. The largest absolute Gasteiger partial charge is 0.308 e. The van der Waals surface area contributed by atoms with Crippen molar-refractivity contribution in [2.75, 3.05) is 0 Å². The van der Waals surface area contributed by atoms with Crippen LogP contribution in [-0.4, -0.2) is 19.5 Å². The Hall–Kier alpha value is -6.21. The van der Waals surface area contributed by atoms with E-state index in [9.17, 15) is 0 Å². The van der Waals surface area contributed by atoms with Gasteiger partial charge in [-0.2, -0.15) is 0 Å². The Balaban J connectivity index is 1.18. The normalized spacial score (nSPS) is 11.9. The Morgan fingerprint density at radius 3 is 1.45 bits per heavy atom. The molecule has 51 heavy (non-hydrogen) atoms. The first-order valence-electron chi connectivity index (χ1n) is 17.0. The van der Waals surface area contributed by atoms with Gasteiger partial charge < -0.3 is 4.57 Å². The number of hydrogen-bond acceptors (Lipinski definition) is 5. The number of fused-ring (bicyclic) bond motifs is 12. The number of nitrogens with zero attached hydrogens (tertiary/aromatic N) is 4. The van der Waals surface area contributed by atoms with Crippen LogP contribution in [0.2, 0.25) is 0 Å². The number of hydrogen-bond donors (Lipinski definition) is 0. The third kappa shape index (κ3) is 4.34. The molecule has 11 aromatic rings. The van der Waals surface area contributed by atoms with E-state index < -0.39 is 0 Å². The predicted octanol–water partition coefficient (Wildman–Crippen LogP) is 12.7. The monoisotopic (exact) mass is 686 g/mol. The Labute approximate surface area is 300 Å². The lowest BCUT2D eigenvalue weighted by molar-refractivity contribution is 1.07. The molecule has 0 atom stereocenters. The Morgan fingerprint density at radius 2 is 0.843 bits per heavy atom. The number of aromatic nitrogens is 4. The molecule has 0 radical (unpaired) electrons. The molecule has 0 saturated heterocycles. The molecule has 4 aromatic heterocycles. The maximum atomic E-state index is 4.99. The van der Waals surface area contributed by atoms with Gasteiger partial charge in [0.15, 0.2) is 17.5 Å². The van der Waals surface area contributed by atoms with E-state index in [4.69, 9.17) is 15.0 Å². The molecule has 4 nitrogen and oxygen atoms in total. The molecule has 0 amide bonds. The lowest BCUT2D eigenvalue weighted by Crippen LogP contribution is -2.00. The van der Waals surface area contributed by atoms with Gasteiger partial charge in [-0.15, -0.1) is 22.7 Å². The van der Waals surface area contributed by atoms with Gasteiger partial charge in [0, 0.05) is 68.8 Å². The number of para-hydroxylation sites is 1. The summed E-state index contributed by atoms with van der Waals surface area (Å²) in [5, 5.41) is 7.92. The third-order valence-corrected chi connectivity index (χ3v) is 12.2. The lowest BCUT2D eigenvalue weighted by atomic mass is 10.0. The average molecular weight is 687 g/mol. The molecule has 0 aliphatic heterocycles. The standard InChI is InChI=1S/C45H26N4S2/c1-3-13-27(14-4-1)43-46-44(28-15-5-2-6-16-28)48-45(47-43)29-23-25-30(26-24-29)49-34-20-10-7-17-31(34)37-38-32-18-8-11-21-35(32)50-41(38)39-33-19-9-12-22-36(33)51-42(39)40(37)49/h1-26H. The molecule has 0 fully saturated rings. The van der Waals surface area contributed by atoms with Crippen molar-refractivity contribution in [2.24, 2.45) is 0 Å². The summed E-state index contributed by atoms with van der Waals surface area (Å²) < 4.78 is 7.79. The predicted molar refractivity (Wildman–Crippen MR) is 216 cm³/mol. The van der Waals surface area contributed by atoms with E-state index in [0.29, 0.717) is 17.5 Å². The smallest absolute Gasteiger partial charge is 0.164 e. The molecule has 0 N–H and O–H groups in total. The minimum Gasteiger partial charge on any atom is -0.308 e. The summed E-state index contributed by atoms with van der Waals surface area (Å²) in [6.07, 6.45) is 0. The summed E-state index contributed by atoms with van der Waals surface area (Å²) >= 11 is 3.81. The van der Waals surface area contributed by atoms with Gasteiger partial charge in [-0.1, -0.05) is 115 Å². The molecule has 238 valence electrons. The highest BCUT2D eigenvalue weighted by atomic mass is 32.1. The molecule has 0 aliphatic rings. The van der Waals surface area contributed by atoms with E-state index in [1.54, 1.807) is 0 Å².